The zero-order valence-electron chi connectivity index (χ0n) is 18.3. The van der Waals surface area contributed by atoms with Crippen molar-refractivity contribution in [3.05, 3.63) is 64.8 Å². The topological polar surface area (TPSA) is 15.6 Å². The van der Waals surface area contributed by atoms with Gasteiger partial charge in [-0.05, 0) is 59.4 Å². The summed E-state index contributed by atoms with van der Waals surface area (Å²) in [6.45, 7) is 10.8. The molecular formula is C25H36N2S. The molecule has 1 heterocycles. The van der Waals surface area contributed by atoms with Crippen molar-refractivity contribution in [1.82, 2.24) is 4.90 Å². The van der Waals surface area contributed by atoms with E-state index in [4.69, 9.17) is 0 Å². The predicted molar refractivity (Wildman–Crippen MR) is 127 cm³/mol. The predicted octanol–water partition coefficient (Wildman–Crippen LogP) is 6.89. The van der Waals surface area contributed by atoms with Crippen LogP contribution in [0.15, 0.2) is 69.1 Å². The van der Waals surface area contributed by atoms with E-state index in [1.54, 1.807) is 0 Å². The van der Waals surface area contributed by atoms with E-state index in [9.17, 15) is 0 Å². The highest BCUT2D eigenvalue weighted by molar-refractivity contribution is 7.99. The Hall–Kier alpha value is -1.74. The molecule has 0 radical (unpaired) electrons. The lowest BCUT2D eigenvalue weighted by molar-refractivity contribution is 0.556. The van der Waals surface area contributed by atoms with Gasteiger partial charge in [0.15, 0.2) is 0 Å². The van der Waals surface area contributed by atoms with Crippen LogP contribution in [0.3, 0.4) is 0 Å². The van der Waals surface area contributed by atoms with E-state index < -0.39 is 0 Å². The summed E-state index contributed by atoms with van der Waals surface area (Å²) < 4.78 is 0. The van der Waals surface area contributed by atoms with Gasteiger partial charge in [-0.2, -0.15) is 0 Å². The summed E-state index contributed by atoms with van der Waals surface area (Å²) >= 11 is 1.91. The molecule has 0 spiro atoms. The number of rotatable bonds is 10. The van der Waals surface area contributed by atoms with Crippen molar-refractivity contribution in [2.75, 3.05) is 25.9 Å². The van der Waals surface area contributed by atoms with Gasteiger partial charge in [-0.3, -0.25) is 4.99 Å². The Kier molecular flexibility index (Phi) is 9.63. The molecule has 0 aromatic heterocycles. The van der Waals surface area contributed by atoms with Crippen LogP contribution in [0.4, 0.5) is 0 Å². The Bertz CT molecular complexity index is 752. The van der Waals surface area contributed by atoms with Gasteiger partial charge in [0.25, 0.3) is 0 Å². The van der Waals surface area contributed by atoms with Gasteiger partial charge >= 0.3 is 0 Å². The highest BCUT2D eigenvalue weighted by Crippen LogP contribution is 2.26. The molecule has 0 unspecified atom stereocenters. The lowest BCUT2D eigenvalue weighted by Crippen LogP contribution is -2.23. The van der Waals surface area contributed by atoms with Gasteiger partial charge in [0.1, 0.15) is 5.84 Å². The number of likely N-dealkylation sites (N-methyl/N-ethyl adjacent to an activating group) is 1. The molecule has 0 atom stereocenters. The van der Waals surface area contributed by atoms with Crippen molar-refractivity contribution in [2.24, 2.45) is 4.99 Å². The van der Waals surface area contributed by atoms with Crippen molar-refractivity contribution in [3.8, 4) is 0 Å². The summed E-state index contributed by atoms with van der Waals surface area (Å²) in [6.07, 6.45) is 11.8. The average molecular weight is 397 g/mol. The molecular weight excluding hydrogens is 360 g/mol. The first kappa shape index (κ1) is 22.5. The minimum atomic E-state index is 0.908. The van der Waals surface area contributed by atoms with E-state index in [2.05, 4.69) is 87.1 Å². The summed E-state index contributed by atoms with van der Waals surface area (Å²) in [5.41, 5.74) is 5.68. The van der Waals surface area contributed by atoms with Crippen LogP contribution in [0.25, 0.3) is 0 Å². The molecule has 1 aromatic carbocycles. The summed E-state index contributed by atoms with van der Waals surface area (Å²) in [7, 11) is 2.13. The Morgan fingerprint density at radius 3 is 2.36 bits per heavy atom. The molecule has 1 aromatic rings. The van der Waals surface area contributed by atoms with Gasteiger partial charge in [-0.1, -0.05) is 53.1 Å². The Morgan fingerprint density at radius 1 is 1.00 bits per heavy atom. The van der Waals surface area contributed by atoms with E-state index in [0.29, 0.717) is 0 Å². The first-order valence-electron chi connectivity index (χ1n) is 10.4. The zero-order chi connectivity index (χ0) is 20.4. The number of hydrogen-bond donors (Lipinski definition) is 0. The van der Waals surface area contributed by atoms with E-state index in [0.717, 1.165) is 43.9 Å². The molecule has 1 aliphatic heterocycles. The first-order valence-corrected chi connectivity index (χ1v) is 11.4. The minimum Gasteiger partial charge on any atom is -0.358 e. The molecule has 2 rings (SSSR count). The molecule has 152 valence electrons. The largest absolute Gasteiger partial charge is 0.358 e. The number of benzene rings is 1. The normalized spacial score (nSPS) is 15.0. The van der Waals surface area contributed by atoms with Gasteiger partial charge in [0.2, 0.25) is 0 Å². The summed E-state index contributed by atoms with van der Waals surface area (Å²) in [4.78, 5) is 8.27. The fraction of sp³-hybridized carbons (Fsp3) is 0.480. The molecule has 0 amide bonds. The van der Waals surface area contributed by atoms with Gasteiger partial charge in [0, 0.05) is 29.8 Å². The van der Waals surface area contributed by atoms with Crippen LogP contribution >= 0.6 is 11.8 Å². The van der Waals surface area contributed by atoms with Crippen LogP contribution in [-0.2, 0) is 0 Å². The summed E-state index contributed by atoms with van der Waals surface area (Å²) in [5, 5.41) is 0. The van der Waals surface area contributed by atoms with E-state index in [1.807, 2.05) is 11.8 Å². The second-order valence-electron chi connectivity index (χ2n) is 7.89. The van der Waals surface area contributed by atoms with Crippen molar-refractivity contribution in [2.45, 2.75) is 58.3 Å². The first-order chi connectivity index (χ1) is 13.5. The molecule has 3 heteroatoms. The highest BCUT2D eigenvalue weighted by Gasteiger charge is 2.17. The zero-order valence-corrected chi connectivity index (χ0v) is 19.1. The lowest BCUT2D eigenvalue weighted by atomic mass is 10.1. The van der Waals surface area contributed by atoms with Gasteiger partial charge in [0.05, 0.1) is 6.54 Å². The molecule has 0 bridgehead atoms. The standard InChI is InChI=1S/C25H36N2S/c1-20(2)10-8-11-21(3)12-9-13-22(4)16-19-28-24-15-7-6-14-23(24)25-26-17-18-27(25)5/h6-7,10,12,14-16H,8-9,11,13,17-19H2,1-5H3. The Labute approximate surface area is 176 Å². The maximum Gasteiger partial charge on any atom is 0.131 e. The molecule has 1 aliphatic rings. The van der Waals surface area contributed by atoms with Crippen molar-refractivity contribution in [1.29, 1.82) is 0 Å². The van der Waals surface area contributed by atoms with Crippen LogP contribution in [0.2, 0.25) is 0 Å². The molecule has 0 saturated carbocycles. The van der Waals surface area contributed by atoms with Crippen LogP contribution < -0.4 is 0 Å². The van der Waals surface area contributed by atoms with Crippen LogP contribution in [0.1, 0.15) is 58.9 Å². The monoisotopic (exact) mass is 396 g/mol. The van der Waals surface area contributed by atoms with Crippen molar-refractivity contribution < 1.29 is 0 Å². The van der Waals surface area contributed by atoms with Gasteiger partial charge in [-0.25, -0.2) is 0 Å². The van der Waals surface area contributed by atoms with Crippen LogP contribution in [0, 0.1) is 0 Å². The SMILES string of the molecule is CC(C)=CCCC(C)=CCCC(C)=CCSc1ccccc1C1=NCCN1C. The number of nitrogens with zero attached hydrogens (tertiary/aromatic N) is 2. The smallest absolute Gasteiger partial charge is 0.131 e. The van der Waals surface area contributed by atoms with Crippen LogP contribution in [-0.4, -0.2) is 36.6 Å². The Balaban J connectivity index is 1.81. The molecule has 2 nitrogen and oxygen atoms in total. The summed E-state index contributed by atoms with van der Waals surface area (Å²) in [6, 6.07) is 8.65. The Morgan fingerprint density at radius 2 is 1.68 bits per heavy atom. The van der Waals surface area contributed by atoms with Gasteiger partial charge in [-0.15, -0.1) is 11.8 Å². The van der Waals surface area contributed by atoms with E-state index in [1.165, 1.54) is 33.6 Å². The third kappa shape index (κ3) is 7.71. The number of allylic oxidation sites excluding steroid dienone is 5. The fourth-order valence-electron chi connectivity index (χ4n) is 3.21. The minimum absolute atomic E-state index is 0.908. The average Bonchev–Trinajstić information content (AvgIpc) is 3.07. The number of thioether (sulfide) groups is 1. The van der Waals surface area contributed by atoms with Crippen molar-refractivity contribution in [3.63, 3.8) is 0 Å². The molecule has 0 aliphatic carbocycles. The second kappa shape index (κ2) is 12.0. The quantitative estimate of drug-likeness (QED) is 0.316. The number of amidine groups is 1. The summed E-state index contributed by atoms with van der Waals surface area (Å²) in [5.74, 6) is 2.15. The van der Waals surface area contributed by atoms with Gasteiger partial charge < -0.3 is 4.90 Å². The lowest BCUT2D eigenvalue weighted by Gasteiger charge is -2.16. The molecule has 28 heavy (non-hydrogen) atoms. The van der Waals surface area contributed by atoms with Crippen LogP contribution in [0.5, 0.6) is 0 Å². The number of hydrogen-bond acceptors (Lipinski definition) is 3. The third-order valence-corrected chi connectivity index (χ3v) is 5.98. The second-order valence-corrected chi connectivity index (χ2v) is 8.96. The van der Waals surface area contributed by atoms with Crippen molar-refractivity contribution >= 4 is 17.6 Å². The fourth-order valence-corrected chi connectivity index (χ4v) is 4.25. The maximum absolute atomic E-state index is 4.68. The number of aliphatic imine (C=N–C) groups is 1. The third-order valence-electron chi connectivity index (χ3n) is 4.98. The molecule has 0 saturated heterocycles. The molecule has 0 N–H and O–H groups in total. The van der Waals surface area contributed by atoms with E-state index in [-0.39, 0.29) is 0 Å². The molecule has 0 fully saturated rings. The maximum atomic E-state index is 4.68. The highest BCUT2D eigenvalue weighted by atomic mass is 32.2. The van der Waals surface area contributed by atoms with E-state index >= 15 is 0 Å².